The standard InChI is InChI=1S/C25H22F3N5O2/c1-13-22(28)25(34)32-12-20(31-23(24(32)30-13)18-5-2-16(26)9-19(18)27)14-6-7-35-21(8-14)15-10-29-33(11-15)17-3-4-17/h2,5,9-12,14,17,21H,3-4,6-8H2,1H3/t14-,21-/m0/s1. The molecule has 0 spiro atoms. The summed E-state index contributed by atoms with van der Waals surface area (Å²) in [5.41, 5.74) is 0.501. The van der Waals surface area contributed by atoms with Crippen LogP contribution < -0.4 is 5.56 Å². The van der Waals surface area contributed by atoms with Crippen molar-refractivity contribution in [2.24, 2.45) is 0 Å². The zero-order chi connectivity index (χ0) is 24.3. The van der Waals surface area contributed by atoms with Crippen LogP contribution >= 0.6 is 0 Å². The van der Waals surface area contributed by atoms with Gasteiger partial charge in [-0.3, -0.25) is 13.9 Å². The number of benzene rings is 1. The van der Waals surface area contributed by atoms with Crippen molar-refractivity contribution in [3.63, 3.8) is 0 Å². The molecule has 0 unspecified atom stereocenters. The van der Waals surface area contributed by atoms with E-state index in [2.05, 4.69) is 15.1 Å². The van der Waals surface area contributed by atoms with E-state index < -0.39 is 23.0 Å². The maximum Gasteiger partial charge on any atom is 0.294 e. The first kappa shape index (κ1) is 22.0. The van der Waals surface area contributed by atoms with Crippen LogP contribution in [0.4, 0.5) is 13.2 Å². The van der Waals surface area contributed by atoms with Gasteiger partial charge in [0.1, 0.15) is 17.3 Å². The Balaban J connectivity index is 1.45. The van der Waals surface area contributed by atoms with Crippen molar-refractivity contribution in [1.82, 2.24) is 24.1 Å². The Morgan fingerprint density at radius 2 is 1.91 bits per heavy atom. The second-order valence-electron chi connectivity index (χ2n) is 9.21. The van der Waals surface area contributed by atoms with Crippen LogP contribution in [0.2, 0.25) is 0 Å². The van der Waals surface area contributed by atoms with Gasteiger partial charge in [0, 0.05) is 42.1 Å². The molecular formula is C25H22F3N5O2. The third-order valence-electron chi connectivity index (χ3n) is 6.74. The van der Waals surface area contributed by atoms with Crippen molar-refractivity contribution < 1.29 is 17.9 Å². The Labute approximate surface area is 198 Å². The molecule has 6 rings (SSSR count). The van der Waals surface area contributed by atoms with Gasteiger partial charge in [-0.2, -0.15) is 9.49 Å². The first-order valence-corrected chi connectivity index (χ1v) is 11.6. The second kappa shape index (κ2) is 8.30. The largest absolute Gasteiger partial charge is 0.373 e. The average molecular weight is 481 g/mol. The summed E-state index contributed by atoms with van der Waals surface area (Å²) < 4.78 is 51.9. The first-order valence-electron chi connectivity index (χ1n) is 11.6. The molecule has 1 aromatic carbocycles. The van der Waals surface area contributed by atoms with E-state index in [4.69, 9.17) is 4.74 Å². The van der Waals surface area contributed by atoms with Crippen LogP contribution in [0.15, 0.2) is 41.6 Å². The maximum atomic E-state index is 14.8. The Kier molecular flexibility index (Phi) is 5.21. The summed E-state index contributed by atoms with van der Waals surface area (Å²) in [6.45, 7) is 1.82. The van der Waals surface area contributed by atoms with Crippen molar-refractivity contribution in [2.75, 3.05) is 6.61 Å². The molecule has 2 fully saturated rings. The fourth-order valence-electron chi connectivity index (χ4n) is 4.66. The molecule has 4 heterocycles. The molecule has 0 N–H and O–H groups in total. The maximum absolute atomic E-state index is 14.8. The minimum Gasteiger partial charge on any atom is -0.373 e. The lowest BCUT2D eigenvalue weighted by atomic mass is 9.90. The normalized spacial score (nSPS) is 20.5. The average Bonchev–Trinajstić information content (AvgIpc) is 3.59. The number of rotatable bonds is 4. The molecule has 35 heavy (non-hydrogen) atoms. The van der Waals surface area contributed by atoms with Gasteiger partial charge in [-0.05, 0) is 44.7 Å². The van der Waals surface area contributed by atoms with Crippen molar-refractivity contribution in [1.29, 1.82) is 0 Å². The quantitative estimate of drug-likeness (QED) is 0.424. The summed E-state index contributed by atoms with van der Waals surface area (Å²) in [5, 5.41) is 4.45. The Morgan fingerprint density at radius 3 is 2.69 bits per heavy atom. The fraction of sp³-hybridized carbons (Fsp3) is 0.360. The first-order chi connectivity index (χ1) is 16.9. The lowest BCUT2D eigenvalue weighted by Gasteiger charge is -2.29. The van der Waals surface area contributed by atoms with Gasteiger partial charge < -0.3 is 4.74 Å². The van der Waals surface area contributed by atoms with Crippen molar-refractivity contribution in [3.05, 3.63) is 81.5 Å². The molecule has 0 radical (unpaired) electrons. The minimum atomic E-state index is -0.984. The summed E-state index contributed by atoms with van der Waals surface area (Å²) in [4.78, 5) is 21.7. The lowest BCUT2D eigenvalue weighted by Crippen LogP contribution is -2.24. The number of halogens is 3. The molecule has 4 aromatic rings. The zero-order valence-electron chi connectivity index (χ0n) is 18.9. The topological polar surface area (TPSA) is 74.3 Å². The zero-order valence-corrected chi connectivity index (χ0v) is 18.9. The van der Waals surface area contributed by atoms with Crippen molar-refractivity contribution in [3.8, 4) is 11.3 Å². The van der Waals surface area contributed by atoms with Gasteiger partial charge in [-0.1, -0.05) is 0 Å². The molecule has 2 aliphatic rings. The van der Waals surface area contributed by atoms with Gasteiger partial charge in [0.25, 0.3) is 5.56 Å². The van der Waals surface area contributed by atoms with Crippen molar-refractivity contribution in [2.45, 2.75) is 50.7 Å². The molecule has 3 aromatic heterocycles. The molecule has 1 saturated heterocycles. The summed E-state index contributed by atoms with van der Waals surface area (Å²) in [7, 11) is 0. The van der Waals surface area contributed by atoms with E-state index in [1.54, 1.807) is 0 Å². The third kappa shape index (κ3) is 3.91. The van der Waals surface area contributed by atoms with Crippen LogP contribution in [0.5, 0.6) is 0 Å². The summed E-state index contributed by atoms with van der Waals surface area (Å²) in [6.07, 6.45) is 8.50. The van der Waals surface area contributed by atoms with E-state index in [0.717, 1.165) is 34.9 Å². The summed E-state index contributed by atoms with van der Waals surface area (Å²) >= 11 is 0. The Bertz CT molecular complexity index is 1510. The molecule has 180 valence electrons. The van der Waals surface area contributed by atoms with E-state index in [1.807, 2.05) is 17.1 Å². The van der Waals surface area contributed by atoms with Gasteiger partial charge in [-0.25, -0.2) is 18.7 Å². The van der Waals surface area contributed by atoms with Crippen molar-refractivity contribution >= 4 is 5.65 Å². The smallest absolute Gasteiger partial charge is 0.294 e. The van der Waals surface area contributed by atoms with E-state index in [-0.39, 0.29) is 34.6 Å². The molecule has 0 bridgehead atoms. The lowest BCUT2D eigenvalue weighted by molar-refractivity contribution is 0.00454. The van der Waals surface area contributed by atoms with E-state index in [9.17, 15) is 18.0 Å². The number of ether oxygens (including phenoxy) is 1. The number of hydrogen-bond acceptors (Lipinski definition) is 5. The van der Waals surface area contributed by atoms with E-state index >= 15 is 0 Å². The molecule has 0 amide bonds. The molecule has 1 aliphatic heterocycles. The second-order valence-corrected chi connectivity index (χ2v) is 9.21. The van der Waals surface area contributed by atoms with Gasteiger partial charge in [-0.15, -0.1) is 0 Å². The van der Waals surface area contributed by atoms with Crippen LogP contribution in [0.1, 0.15) is 60.7 Å². The highest BCUT2D eigenvalue weighted by Gasteiger charge is 2.30. The van der Waals surface area contributed by atoms with Gasteiger partial charge in [0.2, 0.25) is 5.82 Å². The van der Waals surface area contributed by atoms with Crippen LogP contribution in [0.3, 0.4) is 0 Å². The van der Waals surface area contributed by atoms with E-state index in [1.165, 1.54) is 19.2 Å². The number of nitrogens with zero attached hydrogens (tertiary/aromatic N) is 5. The molecule has 1 aliphatic carbocycles. The number of fused-ring (bicyclic) bond motifs is 1. The third-order valence-corrected chi connectivity index (χ3v) is 6.74. The van der Waals surface area contributed by atoms with Crippen LogP contribution in [-0.4, -0.2) is 30.8 Å². The predicted molar refractivity (Wildman–Crippen MR) is 120 cm³/mol. The highest BCUT2D eigenvalue weighted by atomic mass is 19.1. The van der Waals surface area contributed by atoms with Crippen LogP contribution in [-0.2, 0) is 4.74 Å². The van der Waals surface area contributed by atoms with Gasteiger partial charge >= 0.3 is 0 Å². The molecular weight excluding hydrogens is 459 g/mol. The molecule has 7 nitrogen and oxygen atoms in total. The molecule has 1 saturated carbocycles. The predicted octanol–water partition coefficient (Wildman–Crippen LogP) is 4.65. The molecule has 10 heteroatoms. The van der Waals surface area contributed by atoms with Gasteiger partial charge in [0.15, 0.2) is 5.65 Å². The highest BCUT2D eigenvalue weighted by Crippen LogP contribution is 2.40. The highest BCUT2D eigenvalue weighted by molar-refractivity contribution is 5.74. The Morgan fingerprint density at radius 1 is 1.09 bits per heavy atom. The fourth-order valence-corrected chi connectivity index (χ4v) is 4.66. The van der Waals surface area contributed by atoms with Gasteiger partial charge in [0.05, 0.1) is 29.7 Å². The number of aromatic nitrogens is 5. The van der Waals surface area contributed by atoms with Crippen LogP contribution in [0.25, 0.3) is 16.9 Å². The number of aryl methyl sites for hydroxylation is 1. The summed E-state index contributed by atoms with van der Waals surface area (Å²) in [5.74, 6) is -2.70. The monoisotopic (exact) mass is 481 g/mol. The number of hydrogen-bond donors (Lipinski definition) is 0. The summed E-state index contributed by atoms with van der Waals surface area (Å²) in [6, 6.07) is 3.56. The van der Waals surface area contributed by atoms with Crippen LogP contribution in [0, 0.1) is 24.4 Å². The molecule has 2 atom stereocenters. The Hall–Kier alpha value is -3.53. The minimum absolute atomic E-state index is 0.0116. The van der Waals surface area contributed by atoms with E-state index in [0.29, 0.717) is 31.2 Å². The SMILES string of the molecule is Cc1nc2c(-c3ccc(F)cc3F)nc([C@H]3CCO[C@H](c4cnn(C5CC5)c4)C3)cn2c(=O)c1F.